The summed E-state index contributed by atoms with van der Waals surface area (Å²) in [4.78, 5) is 5.09. The third kappa shape index (κ3) is 8.45. The van der Waals surface area contributed by atoms with Crippen molar-refractivity contribution in [2.75, 3.05) is 19.8 Å². The van der Waals surface area contributed by atoms with Crippen molar-refractivity contribution in [3.8, 4) is 11.5 Å². The van der Waals surface area contributed by atoms with Crippen molar-refractivity contribution < 1.29 is 18.7 Å². The lowest BCUT2D eigenvalue weighted by Crippen LogP contribution is -2.07. The molecular weight excluding hydrogens is 368 g/mol. The first-order chi connectivity index (χ1) is 11.8. The van der Waals surface area contributed by atoms with Gasteiger partial charge >= 0.3 is 0 Å². The first-order valence-corrected chi connectivity index (χ1v) is 8.80. The van der Waals surface area contributed by atoms with E-state index in [-0.39, 0.29) is 22.8 Å². The lowest BCUT2D eigenvalue weighted by atomic mass is 10.0. The van der Waals surface area contributed by atoms with Gasteiger partial charge in [0.1, 0.15) is 23.5 Å². The average Bonchev–Trinajstić information content (AvgIpc) is 2.51. The van der Waals surface area contributed by atoms with Crippen molar-refractivity contribution in [3.63, 3.8) is 0 Å². The summed E-state index contributed by atoms with van der Waals surface area (Å²) in [5.41, 5.74) is 1.58. The Morgan fingerprint density at radius 1 is 1.20 bits per heavy atom. The van der Waals surface area contributed by atoms with Crippen LogP contribution in [0.4, 0.5) is 4.39 Å². The maximum atomic E-state index is 14.4. The fourth-order valence-electron chi connectivity index (χ4n) is 1.93. The standard InChI is InChI=1S/C18H24Cl2FNO3/c1-12(2)15-10-14(23-9-6-17(19)20)11-16(21)18(15)24-7-5-8-25-22-13(3)4/h6,10-12H,5,7-9H2,1-4H3. The topological polar surface area (TPSA) is 40.0 Å². The molecule has 25 heavy (non-hydrogen) atoms. The van der Waals surface area contributed by atoms with Crippen molar-refractivity contribution in [3.05, 3.63) is 34.1 Å². The molecule has 0 atom stereocenters. The third-order valence-electron chi connectivity index (χ3n) is 3.03. The molecule has 0 saturated heterocycles. The third-order valence-corrected chi connectivity index (χ3v) is 3.34. The quantitative estimate of drug-likeness (QED) is 0.286. The summed E-state index contributed by atoms with van der Waals surface area (Å²) < 4.78 is 25.6. The van der Waals surface area contributed by atoms with Gasteiger partial charge in [-0.3, -0.25) is 0 Å². The molecule has 0 radical (unpaired) electrons. The molecule has 0 saturated carbocycles. The number of nitrogens with zero attached hydrogens (tertiary/aromatic N) is 1. The average molecular weight is 392 g/mol. The van der Waals surface area contributed by atoms with Gasteiger partial charge in [-0.1, -0.05) is 42.2 Å². The number of rotatable bonds is 10. The van der Waals surface area contributed by atoms with E-state index >= 15 is 0 Å². The van der Waals surface area contributed by atoms with Crippen LogP contribution in [-0.4, -0.2) is 25.5 Å². The monoisotopic (exact) mass is 391 g/mol. The van der Waals surface area contributed by atoms with Crippen LogP contribution in [0.25, 0.3) is 0 Å². The van der Waals surface area contributed by atoms with Gasteiger partial charge in [-0.15, -0.1) is 0 Å². The van der Waals surface area contributed by atoms with E-state index in [4.69, 9.17) is 37.5 Å². The van der Waals surface area contributed by atoms with Crippen LogP contribution in [-0.2, 0) is 4.84 Å². The SMILES string of the molecule is CC(C)=NOCCCOc1c(F)cc(OCC=C(Cl)Cl)cc1C(C)C. The number of hydrogen-bond acceptors (Lipinski definition) is 4. The van der Waals surface area contributed by atoms with E-state index in [1.807, 2.05) is 27.7 Å². The Morgan fingerprint density at radius 2 is 1.92 bits per heavy atom. The maximum absolute atomic E-state index is 14.4. The molecule has 0 aromatic heterocycles. The molecule has 4 nitrogen and oxygen atoms in total. The highest BCUT2D eigenvalue weighted by atomic mass is 35.5. The summed E-state index contributed by atoms with van der Waals surface area (Å²) in [5, 5.41) is 3.83. The van der Waals surface area contributed by atoms with E-state index in [0.717, 1.165) is 11.3 Å². The highest BCUT2D eigenvalue weighted by Crippen LogP contribution is 2.33. The molecule has 1 rings (SSSR count). The van der Waals surface area contributed by atoms with E-state index in [2.05, 4.69) is 5.16 Å². The van der Waals surface area contributed by atoms with Gasteiger partial charge in [-0.25, -0.2) is 4.39 Å². The molecule has 140 valence electrons. The lowest BCUT2D eigenvalue weighted by Gasteiger charge is -2.16. The molecule has 0 bridgehead atoms. The molecule has 0 fully saturated rings. The summed E-state index contributed by atoms with van der Waals surface area (Å²) in [5.74, 6) is 0.244. The van der Waals surface area contributed by atoms with Gasteiger partial charge in [-0.05, 0) is 31.9 Å². The number of halogens is 3. The Bertz CT molecular complexity index is 611. The van der Waals surface area contributed by atoms with Crippen LogP contribution >= 0.6 is 23.2 Å². The van der Waals surface area contributed by atoms with Crippen LogP contribution in [0.15, 0.2) is 27.9 Å². The van der Waals surface area contributed by atoms with Crippen molar-refractivity contribution in [1.29, 1.82) is 0 Å². The van der Waals surface area contributed by atoms with Gasteiger partial charge in [0.25, 0.3) is 0 Å². The van der Waals surface area contributed by atoms with Crippen molar-refractivity contribution >= 4 is 28.9 Å². The highest BCUT2D eigenvalue weighted by Gasteiger charge is 2.16. The molecule has 0 unspecified atom stereocenters. The van der Waals surface area contributed by atoms with Crippen LogP contribution in [0.3, 0.4) is 0 Å². The number of ether oxygens (including phenoxy) is 2. The van der Waals surface area contributed by atoms with Crippen LogP contribution in [0.2, 0.25) is 0 Å². The zero-order valence-corrected chi connectivity index (χ0v) is 16.5. The molecule has 0 N–H and O–H groups in total. The Labute approximate surface area is 158 Å². The molecule has 1 aromatic carbocycles. The molecule has 0 aliphatic rings. The summed E-state index contributed by atoms with van der Waals surface area (Å²) in [6.45, 7) is 8.53. The van der Waals surface area contributed by atoms with Crippen molar-refractivity contribution in [2.24, 2.45) is 5.16 Å². The van der Waals surface area contributed by atoms with E-state index in [0.29, 0.717) is 25.4 Å². The van der Waals surface area contributed by atoms with Gasteiger partial charge < -0.3 is 14.3 Å². The van der Waals surface area contributed by atoms with Gasteiger partial charge in [0.15, 0.2) is 11.6 Å². The molecule has 0 aliphatic carbocycles. The minimum atomic E-state index is -0.467. The Balaban J connectivity index is 2.71. The van der Waals surface area contributed by atoms with Crippen LogP contribution in [0.5, 0.6) is 11.5 Å². The van der Waals surface area contributed by atoms with Gasteiger partial charge in [0, 0.05) is 18.1 Å². The summed E-state index contributed by atoms with van der Waals surface area (Å²) in [7, 11) is 0. The Hall–Kier alpha value is -1.46. The molecule has 0 amide bonds. The second kappa shape index (κ2) is 11.2. The van der Waals surface area contributed by atoms with Crippen molar-refractivity contribution in [2.45, 2.75) is 40.0 Å². The molecule has 0 spiro atoms. The van der Waals surface area contributed by atoms with Crippen LogP contribution < -0.4 is 9.47 Å². The smallest absolute Gasteiger partial charge is 0.169 e. The second-order valence-corrected chi connectivity index (χ2v) is 6.86. The minimum Gasteiger partial charge on any atom is -0.490 e. The van der Waals surface area contributed by atoms with Crippen LogP contribution in [0, 0.1) is 5.82 Å². The number of hydrogen-bond donors (Lipinski definition) is 0. The predicted molar refractivity (Wildman–Crippen MR) is 101 cm³/mol. The van der Waals surface area contributed by atoms with Gasteiger partial charge in [-0.2, -0.15) is 0 Å². The molecule has 0 aliphatic heterocycles. The second-order valence-electron chi connectivity index (χ2n) is 5.86. The predicted octanol–water partition coefficient (Wildman–Crippen LogP) is 5.83. The van der Waals surface area contributed by atoms with Crippen LogP contribution in [0.1, 0.15) is 45.6 Å². The molecule has 0 heterocycles. The van der Waals surface area contributed by atoms with E-state index < -0.39 is 5.82 Å². The molecular formula is C18H24Cl2FNO3. The fourth-order valence-corrected chi connectivity index (χ4v) is 2.05. The van der Waals surface area contributed by atoms with Gasteiger partial charge in [0.2, 0.25) is 0 Å². The van der Waals surface area contributed by atoms with Crippen molar-refractivity contribution in [1.82, 2.24) is 0 Å². The maximum Gasteiger partial charge on any atom is 0.169 e. The summed E-state index contributed by atoms with van der Waals surface area (Å²) >= 11 is 11.1. The molecule has 7 heteroatoms. The first-order valence-electron chi connectivity index (χ1n) is 8.04. The first kappa shape index (κ1) is 21.6. The van der Waals surface area contributed by atoms with E-state index in [9.17, 15) is 4.39 Å². The fraction of sp³-hybridized carbons (Fsp3) is 0.500. The molecule has 1 aromatic rings. The van der Waals surface area contributed by atoms with E-state index in [1.54, 1.807) is 6.07 Å². The normalized spacial score (nSPS) is 10.4. The lowest BCUT2D eigenvalue weighted by molar-refractivity contribution is 0.126. The summed E-state index contributed by atoms with van der Waals surface area (Å²) in [6.07, 6.45) is 2.09. The summed E-state index contributed by atoms with van der Waals surface area (Å²) in [6, 6.07) is 3.05. The number of benzene rings is 1. The Kier molecular flexibility index (Phi) is 9.68. The number of oxime groups is 1. The van der Waals surface area contributed by atoms with E-state index in [1.165, 1.54) is 12.1 Å². The van der Waals surface area contributed by atoms with Gasteiger partial charge in [0.05, 0.1) is 12.3 Å². The zero-order valence-electron chi connectivity index (χ0n) is 14.9. The zero-order chi connectivity index (χ0) is 18.8. The largest absolute Gasteiger partial charge is 0.490 e. The Morgan fingerprint density at radius 3 is 2.52 bits per heavy atom. The minimum absolute atomic E-state index is 0.0730. The highest BCUT2D eigenvalue weighted by molar-refractivity contribution is 6.55.